The number of ether oxygens (including phenoxy) is 1. The third-order valence-corrected chi connectivity index (χ3v) is 5.43. The number of amides is 1. The molecule has 140 valence electrons. The molecule has 2 heterocycles. The maximum Gasteiger partial charge on any atom is 0.337 e. The van der Waals surface area contributed by atoms with E-state index in [9.17, 15) is 14.4 Å². The van der Waals surface area contributed by atoms with Crippen molar-refractivity contribution < 1.29 is 14.3 Å². The van der Waals surface area contributed by atoms with E-state index in [1.54, 1.807) is 30.5 Å². The summed E-state index contributed by atoms with van der Waals surface area (Å²) in [6, 6.07) is 8.36. The Morgan fingerprint density at radius 1 is 1.30 bits per heavy atom. The zero-order valence-electron chi connectivity index (χ0n) is 14.5. The largest absolute Gasteiger partial charge is 0.465 e. The van der Waals surface area contributed by atoms with Crippen LogP contribution in [0, 0.1) is 0 Å². The van der Waals surface area contributed by atoms with Crippen LogP contribution in [0.2, 0.25) is 0 Å². The van der Waals surface area contributed by atoms with Crippen molar-refractivity contribution in [1.82, 2.24) is 14.7 Å². The van der Waals surface area contributed by atoms with Crippen LogP contribution in [0.3, 0.4) is 0 Å². The molecule has 0 aliphatic carbocycles. The van der Waals surface area contributed by atoms with E-state index in [4.69, 9.17) is 0 Å². The van der Waals surface area contributed by atoms with Gasteiger partial charge in [-0.3, -0.25) is 14.0 Å². The highest BCUT2D eigenvalue weighted by atomic mass is 32.2. The zero-order valence-corrected chi connectivity index (χ0v) is 16.1. The second-order valence-corrected chi connectivity index (χ2v) is 7.46. The molecule has 3 aromatic rings. The molecule has 1 N–H and O–H groups in total. The Labute approximate surface area is 163 Å². The maximum atomic E-state index is 12.0. The normalized spacial score (nSPS) is 10.7. The molecule has 0 aliphatic heterocycles. The van der Waals surface area contributed by atoms with E-state index in [0.29, 0.717) is 28.5 Å². The van der Waals surface area contributed by atoms with E-state index in [-0.39, 0.29) is 17.2 Å². The molecular weight excluding hydrogens is 386 g/mol. The fraction of sp³-hybridized carbons (Fsp3) is 0.222. The molecule has 0 unspecified atom stereocenters. The molecular formula is C18H17N3O4S2. The van der Waals surface area contributed by atoms with Crippen LogP contribution in [0.4, 0.5) is 0 Å². The van der Waals surface area contributed by atoms with Crippen molar-refractivity contribution >= 4 is 39.9 Å². The van der Waals surface area contributed by atoms with Crippen LogP contribution in [0.25, 0.3) is 4.96 Å². The minimum absolute atomic E-state index is 0.106. The second kappa shape index (κ2) is 8.83. The number of carbonyl (C=O) groups excluding carboxylic acids is 2. The van der Waals surface area contributed by atoms with E-state index in [1.165, 1.54) is 40.7 Å². The average Bonchev–Trinajstić information content (AvgIpc) is 3.15. The predicted molar refractivity (Wildman–Crippen MR) is 105 cm³/mol. The SMILES string of the molecule is COC(=O)c1ccc(CNC(=O)CSCc2cc(=O)n3ccsc3n2)cc1. The molecule has 27 heavy (non-hydrogen) atoms. The first-order valence-corrected chi connectivity index (χ1v) is 10.1. The fourth-order valence-corrected chi connectivity index (χ4v) is 3.82. The number of esters is 1. The maximum absolute atomic E-state index is 12.0. The quantitative estimate of drug-likeness (QED) is 0.608. The molecule has 0 aliphatic rings. The van der Waals surface area contributed by atoms with E-state index in [0.717, 1.165) is 5.56 Å². The van der Waals surface area contributed by atoms with Crippen LogP contribution in [0.1, 0.15) is 21.6 Å². The first-order valence-electron chi connectivity index (χ1n) is 8.04. The van der Waals surface area contributed by atoms with Crippen LogP contribution in [0.5, 0.6) is 0 Å². The van der Waals surface area contributed by atoms with Gasteiger partial charge >= 0.3 is 5.97 Å². The minimum Gasteiger partial charge on any atom is -0.465 e. The van der Waals surface area contributed by atoms with Crippen molar-refractivity contribution in [2.75, 3.05) is 12.9 Å². The Balaban J connectivity index is 1.45. The van der Waals surface area contributed by atoms with Crippen LogP contribution >= 0.6 is 23.1 Å². The Morgan fingerprint density at radius 2 is 2.07 bits per heavy atom. The Hall–Kier alpha value is -2.65. The molecule has 1 amide bonds. The number of carbonyl (C=O) groups is 2. The van der Waals surface area contributed by atoms with Gasteiger partial charge in [-0.25, -0.2) is 9.78 Å². The van der Waals surface area contributed by atoms with Crippen molar-refractivity contribution in [3.63, 3.8) is 0 Å². The van der Waals surface area contributed by atoms with Crippen molar-refractivity contribution in [1.29, 1.82) is 0 Å². The monoisotopic (exact) mass is 403 g/mol. The number of thiazole rings is 1. The van der Waals surface area contributed by atoms with Crippen LogP contribution in [-0.2, 0) is 21.8 Å². The predicted octanol–water partition coefficient (Wildman–Crippen LogP) is 2.09. The number of methoxy groups -OCH3 is 1. The first-order chi connectivity index (χ1) is 13.1. The Kier molecular flexibility index (Phi) is 6.25. The van der Waals surface area contributed by atoms with Gasteiger partial charge < -0.3 is 10.1 Å². The van der Waals surface area contributed by atoms with Crippen LogP contribution < -0.4 is 10.9 Å². The molecule has 1 aromatic carbocycles. The van der Waals surface area contributed by atoms with Gasteiger partial charge in [-0.15, -0.1) is 23.1 Å². The molecule has 0 spiro atoms. The molecule has 9 heteroatoms. The van der Waals surface area contributed by atoms with Crippen molar-refractivity contribution in [3.8, 4) is 0 Å². The van der Waals surface area contributed by atoms with Gasteiger partial charge in [0.15, 0.2) is 4.96 Å². The lowest BCUT2D eigenvalue weighted by Crippen LogP contribution is -2.24. The van der Waals surface area contributed by atoms with Crippen LogP contribution in [-0.4, -0.2) is 34.1 Å². The third-order valence-electron chi connectivity index (χ3n) is 3.70. The molecule has 3 rings (SSSR count). The lowest BCUT2D eigenvalue weighted by atomic mass is 10.1. The standard InChI is InChI=1S/C18H17N3O4S2/c1-25-17(24)13-4-2-12(3-5-13)9-19-15(22)11-26-10-14-8-16(23)21-6-7-27-18(21)20-14/h2-8H,9-11H2,1H3,(H,19,22). The number of thioether (sulfide) groups is 1. The molecule has 2 aromatic heterocycles. The molecule has 7 nitrogen and oxygen atoms in total. The summed E-state index contributed by atoms with van der Waals surface area (Å²) in [6.07, 6.45) is 1.69. The number of rotatable bonds is 7. The second-order valence-electron chi connectivity index (χ2n) is 5.60. The summed E-state index contributed by atoms with van der Waals surface area (Å²) in [5.41, 5.74) is 1.91. The number of hydrogen-bond acceptors (Lipinski definition) is 7. The van der Waals surface area contributed by atoms with Gasteiger partial charge in [-0.1, -0.05) is 12.1 Å². The van der Waals surface area contributed by atoms with E-state index >= 15 is 0 Å². The third kappa shape index (κ3) is 4.95. The molecule has 0 radical (unpaired) electrons. The molecule has 0 atom stereocenters. The summed E-state index contributed by atoms with van der Waals surface area (Å²) >= 11 is 2.80. The van der Waals surface area contributed by atoms with Crippen molar-refractivity contribution in [3.05, 3.63) is 69.1 Å². The molecule has 0 saturated heterocycles. The topological polar surface area (TPSA) is 89.8 Å². The van der Waals surface area contributed by atoms with Gasteiger partial charge in [0.2, 0.25) is 5.91 Å². The zero-order chi connectivity index (χ0) is 19.2. The highest BCUT2D eigenvalue weighted by Crippen LogP contribution is 2.12. The van der Waals surface area contributed by atoms with Gasteiger partial charge in [0.05, 0.1) is 24.1 Å². The van der Waals surface area contributed by atoms with Crippen molar-refractivity contribution in [2.24, 2.45) is 0 Å². The molecule has 0 bridgehead atoms. The summed E-state index contributed by atoms with van der Waals surface area (Å²) < 4.78 is 6.14. The molecule has 0 fully saturated rings. The van der Waals surface area contributed by atoms with E-state index in [1.807, 2.05) is 5.38 Å². The summed E-state index contributed by atoms with van der Waals surface area (Å²) in [5, 5.41) is 4.64. The number of hydrogen-bond donors (Lipinski definition) is 1. The molecule has 0 saturated carbocycles. The first kappa shape index (κ1) is 19.1. The minimum atomic E-state index is -0.393. The number of fused-ring (bicyclic) bond motifs is 1. The van der Waals surface area contributed by atoms with Gasteiger partial charge in [-0.2, -0.15) is 0 Å². The van der Waals surface area contributed by atoms with Crippen LogP contribution in [0.15, 0.2) is 46.7 Å². The summed E-state index contributed by atoms with van der Waals surface area (Å²) in [7, 11) is 1.33. The summed E-state index contributed by atoms with van der Waals surface area (Å²) in [6.45, 7) is 0.377. The lowest BCUT2D eigenvalue weighted by Gasteiger charge is -2.06. The average molecular weight is 403 g/mol. The Bertz CT molecular complexity index is 1010. The van der Waals surface area contributed by atoms with E-state index in [2.05, 4.69) is 15.0 Å². The lowest BCUT2D eigenvalue weighted by molar-refractivity contribution is -0.118. The Morgan fingerprint density at radius 3 is 2.81 bits per heavy atom. The summed E-state index contributed by atoms with van der Waals surface area (Å²) in [4.78, 5) is 40.3. The smallest absolute Gasteiger partial charge is 0.337 e. The van der Waals surface area contributed by atoms with Crippen molar-refractivity contribution in [2.45, 2.75) is 12.3 Å². The highest BCUT2D eigenvalue weighted by molar-refractivity contribution is 7.99. The number of benzene rings is 1. The number of nitrogens with zero attached hydrogens (tertiary/aromatic N) is 2. The number of aromatic nitrogens is 2. The van der Waals surface area contributed by atoms with E-state index < -0.39 is 5.97 Å². The van der Waals surface area contributed by atoms with Gasteiger partial charge in [0.25, 0.3) is 5.56 Å². The van der Waals surface area contributed by atoms with Gasteiger partial charge in [0.1, 0.15) is 0 Å². The number of nitrogens with one attached hydrogen (secondary N) is 1. The highest BCUT2D eigenvalue weighted by Gasteiger charge is 2.07. The van der Waals surface area contributed by atoms with Gasteiger partial charge in [-0.05, 0) is 17.7 Å². The van der Waals surface area contributed by atoms with Gasteiger partial charge in [0, 0.05) is 29.9 Å². The summed E-state index contributed by atoms with van der Waals surface area (Å²) in [5.74, 6) is 0.262. The fourth-order valence-electron chi connectivity index (χ4n) is 2.34.